The van der Waals surface area contributed by atoms with E-state index in [-0.39, 0.29) is 5.78 Å². The zero-order valence-electron chi connectivity index (χ0n) is 14.4. The lowest BCUT2D eigenvalue weighted by molar-refractivity contribution is 0.101. The number of rotatable bonds is 2. The Morgan fingerprint density at radius 3 is 2.59 bits per heavy atom. The maximum atomic E-state index is 12.5. The summed E-state index contributed by atoms with van der Waals surface area (Å²) in [6, 6.07) is 25.5. The van der Waals surface area contributed by atoms with E-state index < -0.39 is 0 Å². The predicted octanol–water partition coefficient (Wildman–Crippen LogP) is 5.52. The summed E-state index contributed by atoms with van der Waals surface area (Å²) in [7, 11) is 0. The van der Waals surface area contributed by atoms with E-state index in [2.05, 4.69) is 17.1 Å². The van der Waals surface area contributed by atoms with Crippen LogP contribution in [0.3, 0.4) is 0 Å². The Labute approximate surface area is 156 Å². The number of aromatic nitrogens is 1. The van der Waals surface area contributed by atoms with Crippen molar-refractivity contribution in [2.45, 2.75) is 0 Å². The quantitative estimate of drug-likeness (QED) is 0.447. The largest absolute Gasteiger partial charge is 0.452 e. The highest BCUT2D eigenvalue weighted by Gasteiger charge is 2.26. The number of hydrogen-bond donors (Lipinski definition) is 0. The van der Waals surface area contributed by atoms with Crippen LogP contribution < -0.4 is 4.74 Å². The van der Waals surface area contributed by atoms with Crippen LogP contribution in [-0.2, 0) is 0 Å². The second kappa shape index (κ2) is 6.22. The number of hydrogen-bond acceptors (Lipinski definition) is 3. The maximum absolute atomic E-state index is 12.5. The van der Waals surface area contributed by atoms with E-state index in [0.717, 1.165) is 27.6 Å². The van der Waals surface area contributed by atoms with Crippen molar-refractivity contribution < 1.29 is 9.53 Å². The average Bonchev–Trinajstić information content (AvgIpc) is 3.03. The number of fused-ring (bicyclic) bond motifs is 2. The third-order valence-corrected chi connectivity index (χ3v) is 4.68. The Bertz CT molecular complexity index is 1220. The number of benzene rings is 3. The average molecular weight is 349 g/mol. The molecule has 0 saturated heterocycles. The van der Waals surface area contributed by atoms with Gasteiger partial charge in [-0.2, -0.15) is 0 Å². The van der Waals surface area contributed by atoms with Gasteiger partial charge in [-0.1, -0.05) is 48.5 Å². The molecule has 1 aromatic heterocycles. The van der Waals surface area contributed by atoms with Gasteiger partial charge in [0, 0.05) is 17.1 Å². The summed E-state index contributed by atoms with van der Waals surface area (Å²) < 4.78 is 5.73. The first-order valence-electron chi connectivity index (χ1n) is 8.76. The summed E-state index contributed by atoms with van der Waals surface area (Å²) in [5, 5.41) is 1.10. The van der Waals surface area contributed by atoms with E-state index in [1.165, 1.54) is 0 Å². The summed E-state index contributed by atoms with van der Waals surface area (Å²) in [5.41, 5.74) is 4.58. The topological polar surface area (TPSA) is 39.2 Å². The van der Waals surface area contributed by atoms with Crippen molar-refractivity contribution in [3.05, 3.63) is 102 Å². The summed E-state index contributed by atoms with van der Waals surface area (Å²) in [4.78, 5) is 17.0. The predicted molar refractivity (Wildman–Crippen MR) is 107 cm³/mol. The molecule has 0 radical (unpaired) electrons. The summed E-state index contributed by atoms with van der Waals surface area (Å²) in [6.45, 7) is 0. The zero-order valence-corrected chi connectivity index (χ0v) is 14.4. The molecular weight excluding hydrogens is 334 g/mol. The van der Waals surface area contributed by atoms with Gasteiger partial charge in [0.1, 0.15) is 5.75 Å². The molecule has 0 amide bonds. The van der Waals surface area contributed by atoms with Gasteiger partial charge < -0.3 is 4.74 Å². The number of para-hydroxylation sites is 2. The molecule has 0 bridgehead atoms. The van der Waals surface area contributed by atoms with Gasteiger partial charge in [-0.15, -0.1) is 0 Å². The van der Waals surface area contributed by atoms with Gasteiger partial charge in [-0.25, -0.2) is 0 Å². The molecule has 0 atom stereocenters. The molecule has 3 aromatic carbocycles. The standard InChI is InChI=1S/C24H15NO2/c26-24-20-9-2-4-11-22(20)27-23(24)13-16-6-5-8-17(12-16)19-14-18-7-1-3-10-21(18)25-15-19/h1-15H/b23-13-. The molecule has 128 valence electrons. The fraction of sp³-hybridized carbons (Fsp3) is 0. The van der Waals surface area contributed by atoms with Crippen LogP contribution in [0.25, 0.3) is 28.1 Å². The first-order chi connectivity index (χ1) is 13.3. The molecule has 27 heavy (non-hydrogen) atoms. The normalized spacial score (nSPS) is 14.4. The molecule has 0 aliphatic carbocycles. The van der Waals surface area contributed by atoms with E-state index in [1.54, 1.807) is 12.1 Å². The van der Waals surface area contributed by atoms with Crippen LogP contribution >= 0.6 is 0 Å². The van der Waals surface area contributed by atoms with Crippen LogP contribution in [0.15, 0.2) is 90.8 Å². The minimum Gasteiger partial charge on any atom is -0.452 e. The van der Waals surface area contributed by atoms with Crippen molar-refractivity contribution in [1.82, 2.24) is 4.98 Å². The molecule has 0 spiro atoms. The molecular formula is C24H15NO2. The number of ketones is 1. The Kier molecular flexibility index (Phi) is 3.58. The van der Waals surface area contributed by atoms with Gasteiger partial charge in [0.2, 0.25) is 5.78 Å². The minimum atomic E-state index is -0.0802. The molecule has 0 N–H and O–H groups in total. The van der Waals surface area contributed by atoms with Gasteiger partial charge >= 0.3 is 0 Å². The van der Waals surface area contributed by atoms with Crippen LogP contribution in [0.2, 0.25) is 0 Å². The fourth-order valence-electron chi connectivity index (χ4n) is 3.32. The molecule has 1 aliphatic rings. The Balaban J connectivity index is 1.52. The monoisotopic (exact) mass is 349 g/mol. The van der Waals surface area contributed by atoms with Crippen LogP contribution in [0.4, 0.5) is 0 Å². The van der Waals surface area contributed by atoms with Gasteiger partial charge in [-0.05, 0) is 47.5 Å². The van der Waals surface area contributed by atoms with E-state index >= 15 is 0 Å². The number of carbonyl (C=O) groups is 1. The number of carbonyl (C=O) groups excluding carboxylic acids is 1. The maximum Gasteiger partial charge on any atom is 0.231 e. The third kappa shape index (κ3) is 2.79. The number of Topliss-reactive ketones (excluding diaryl/α,β-unsaturated/α-hetero) is 1. The van der Waals surface area contributed by atoms with Crippen molar-refractivity contribution in [2.75, 3.05) is 0 Å². The molecule has 0 unspecified atom stereocenters. The molecule has 3 heteroatoms. The van der Waals surface area contributed by atoms with E-state index in [9.17, 15) is 4.79 Å². The van der Waals surface area contributed by atoms with Crippen molar-refractivity contribution >= 4 is 22.8 Å². The minimum absolute atomic E-state index is 0.0802. The summed E-state index contributed by atoms with van der Waals surface area (Å²) >= 11 is 0. The lowest BCUT2D eigenvalue weighted by Gasteiger charge is -2.05. The van der Waals surface area contributed by atoms with Crippen molar-refractivity contribution in [3.8, 4) is 16.9 Å². The van der Waals surface area contributed by atoms with Crippen LogP contribution in [0.1, 0.15) is 15.9 Å². The summed E-state index contributed by atoms with van der Waals surface area (Å²) in [5.74, 6) is 0.886. The van der Waals surface area contributed by atoms with E-state index in [1.807, 2.05) is 66.9 Å². The lowest BCUT2D eigenvalue weighted by Crippen LogP contribution is -1.98. The Morgan fingerprint density at radius 2 is 1.67 bits per heavy atom. The Morgan fingerprint density at radius 1 is 0.815 bits per heavy atom. The highest BCUT2D eigenvalue weighted by molar-refractivity contribution is 6.14. The second-order valence-electron chi connectivity index (χ2n) is 6.48. The second-order valence-corrected chi connectivity index (χ2v) is 6.48. The number of allylic oxidation sites excluding steroid dienone is 1. The SMILES string of the molecule is O=C1/C(=C/c2cccc(-c3cnc4ccccc4c3)c2)Oc2ccccc21. The summed E-state index contributed by atoms with van der Waals surface area (Å²) in [6.07, 6.45) is 3.67. The van der Waals surface area contributed by atoms with Crippen molar-refractivity contribution in [1.29, 1.82) is 0 Å². The highest BCUT2D eigenvalue weighted by atomic mass is 16.5. The Hall–Kier alpha value is -3.72. The van der Waals surface area contributed by atoms with Gasteiger partial charge in [0.05, 0.1) is 11.1 Å². The van der Waals surface area contributed by atoms with E-state index in [0.29, 0.717) is 17.1 Å². The first-order valence-corrected chi connectivity index (χ1v) is 8.76. The molecule has 5 rings (SSSR count). The molecule has 2 heterocycles. The smallest absolute Gasteiger partial charge is 0.231 e. The highest BCUT2D eigenvalue weighted by Crippen LogP contribution is 2.32. The molecule has 4 aromatic rings. The van der Waals surface area contributed by atoms with Crippen LogP contribution in [0, 0.1) is 0 Å². The third-order valence-electron chi connectivity index (χ3n) is 4.68. The molecule has 3 nitrogen and oxygen atoms in total. The first kappa shape index (κ1) is 15.5. The number of ether oxygens (including phenoxy) is 1. The van der Waals surface area contributed by atoms with Crippen molar-refractivity contribution in [2.24, 2.45) is 0 Å². The van der Waals surface area contributed by atoms with Gasteiger partial charge in [0.25, 0.3) is 0 Å². The van der Waals surface area contributed by atoms with Crippen LogP contribution in [0.5, 0.6) is 5.75 Å². The fourth-order valence-corrected chi connectivity index (χ4v) is 3.32. The van der Waals surface area contributed by atoms with Crippen LogP contribution in [-0.4, -0.2) is 10.8 Å². The molecule has 0 saturated carbocycles. The van der Waals surface area contributed by atoms with Gasteiger partial charge in [-0.3, -0.25) is 9.78 Å². The van der Waals surface area contributed by atoms with Crippen molar-refractivity contribution in [3.63, 3.8) is 0 Å². The molecule has 0 fully saturated rings. The van der Waals surface area contributed by atoms with Gasteiger partial charge in [0.15, 0.2) is 5.76 Å². The zero-order chi connectivity index (χ0) is 18.2. The van der Waals surface area contributed by atoms with E-state index in [4.69, 9.17) is 4.74 Å². The number of pyridine rings is 1. The molecule has 1 aliphatic heterocycles. The lowest BCUT2D eigenvalue weighted by atomic mass is 10.0. The number of nitrogens with zero attached hydrogens (tertiary/aromatic N) is 1.